The van der Waals surface area contributed by atoms with Gasteiger partial charge in [0, 0.05) is 0 Å². The predicted molar refractivity (Wildman–Crippen MR) is 64.3 cm³/mol. The second kappa shape index (κ2) is 5.76. The van der Waals surface area contributed by atoms with Gasteiger partial charge in [0.2, 0.25) is 0 Å². The third-order valence-electron chi connectivity index (χ3n) is 2.23. The van der Waals surface area contributed by atoms with E-state index in [0.717, 1.165) is 25.1 Å². The van der Waals surface area contributed by atoms with Crippen LogP contribution in [0.25, 0.3) is 0 Å². The number of hydrogen-bond donors (Lipinski definition) is 1. The molecule has 0 aliphatic carbocycles. The molecule has 84 valence electrons. The van der Waals surface area contributed by atoms with Crippen LogP contribution in [0.4, 0.5) is 0 Å². The summed E-state index contributed by atoms with van der Waals surface area (Å²) in [5.41, 5.74) is 8.07. The van der Waals surface area contributed by atoms with Gasteiger partial charge in [-0.1, -0.05) is 17.7 Å². The second-order valence-electron chi connectivity index (χ2n) is 4.17. The van der Waals surface area contributed by atoms with Crippen LogP contribution >= 0.6 is 0 Å². The van der Waals surface area contributed by atoms with E-state index in [1.165, 1.54) is 11.1 Å². The van der Waals surface area contributed by atoms with Gasteiger partial charge in [-0.25, -0.2) is 0 Å². The summed E-state index contributed by atoms with van der Waals surface area (Å²) in [6, 6.07) is 6.33. The number of hydrogen-bond acceptors (Lipinski definition) is 2. The zero-order valence-corrected chi connectivity index (χ0v) is 9.92. The number of aryl methyl sites for hydroxylation is 2. The fourth-order valence-corrected chi connectivity index (χ4v) is 1.57. The Balaban J connectivity index is 2.82. The first-order chi connectivity index (χ1) is 7.13. The maximum atomic E-state index is 5.76. The highest BCUT2D eigenvalue weighted by molar-refractivity contribution is 5.37. The van der Waals surface area contributed by atoms with Crippen molar-refractivity contribution in [2.24, 2.45) is 5.73 Å². The van der Waals surface area contributed by atoms with Crippen molar-refractivity contribution >= 4 is 0 Å². The van der Waals surface area contributed by atoms with E-state index in [2.05, 4.69) is 25.1 Å². The summed E-state index contributed by atoms with van der Waals surface area (Å²) in [6.07, 6.45) is 2.24. The number of benzene rings is 1. The molecular formula is C13H21NO. The maximum Gasteiger partial charge on any atom is 0.122 e. The van der Waals surface area contributed by atoms with E-state index in [1.54, 1.807) is 0 Å². The molecule has 2 nitrogen and oxygen atoms in total. The Kier molecular flexibility index (Phi) is 4.63. The lowest BCUT2D eigenvalue weighted by molar-refractivity contribution is 0.240. The molecule has 0 heterocycles. The standard InChI is InChI=1S/C13H21NO/c1-10(2)15-13-7-6-11(3)9-12(13)5-4-8-14/h6-7,9-10H,4-5,8,14H2,1-3H3. The molecule has 0 aromatic heterocycles. The molecule has 0 amide bonds. The van der Waals surface area contributed by atoms with Gasteiger partial charge in [0.05, 0.1) is 6.10 Å². The van der Waals surface area contributed by atoms with Crippen molar-refractivity contribution in [1.82, 2.24) is 0 Å². The first-order valence-electron chi connectivity index (χ1n) is 5.59. The molecule has 1 rings (SSSR count). The van der Waals surface area contributed by atoms with Crippen molar-refractivity contribution in [3.05, 3.63) is 29.3 Å². The largest absolute Gasteiger partial charge is 0.491 e. The summed E-state index contributed by atoms with van der Waals surface area (Å²) < 4.78 is 5.76. The fourth-order valence-electron chi connectivity index (χ4n) is 1.57. The molecule has 0 spiro atoms. The highest BCUT2D eigenvalue weighted by Crippen LogP contribution is 2.22. The van der Waals surface area contributed by atoms with Gasteiger partial charge < -0.3 is 10.5 Å². The first kappa shape index (κ1) is 12.1. The zero-order chi connectivity index (χ0) is 11.3. The van der Waals surface area contributed by atoms with Crippen LogP contribution in [-0.2, 0) is 6.42 Å². The Morgan fingerprint density at radius 1 is 1.33 bits per heavy atom. The van der Waals surface area contributed by atoms with Crippen LogP contribution in [0.2, 0.25) is 0 Å². The van der Waals surface area contributed by atoms with E-state index < -0.39 is 0 Å². The van der Waals surface area contributed by atoms with Crippen molar-refractivity contribution in [2.75, 3.05) is 6.54 Å². The van der Waals surface area contributed by atoms with E-state index in [0.29, 0.717) is 0 Å². The van der Waals surface area contributed by atoms with E-state index in [-0.39, 0.29) is 6.10 Å². The summed E-state index contributed by atoms with van der Waals surface area (Å²) in [7, 11) is 0. The number of nitrogens with two attached hydrogens (primary N) is 1. The lowest BCUT2D eigenvalue weighted by Gasteiger charge is -2.14. The Hall–Kier alpha value is -1.02. The first-order valence-corrected chi connectivity index (χ1v) is 5.59. The third kappa shape index (κ3) is 3.92. The molecule has 0 bridgehead atoms. The smallest absolute Gasteiger partial charge is 0.122 e. The van der Waals surface area contributed by atoms with Crippen molar-refractivity contribution in [3.8, 4) is 5.75 Å². The number of ether oxygens (including phenoxy) is 1. The zero-order valence-electron chi connectivity index (χ0n) is 9.92. The van der Waals surface area contributed by atoms with E-state index in [1.807, 2.05) is 13.8 Å². The van der Waals surface area contributed by atoms with Crippen LogP contribution in [0.15, 0.2) is 18.2 Å². The minimum atomic E-state index is 0.226. The van der Waals surface area contributed by atoms with Crippen LogP contribution in [0.5, 0.6) is 5.75 Å². The average molecular weight is 207 g/mol. The summed E-state index contributed by atoms with van der Waals surface area (Å²) >= 11 is 0. The van der Waals surface area contributed by atoms with E-state index in [4.69, 9.17) is 10.5 Å². The molecule has 0 unspecified atom stereocenters. The van der Waals surface area contributed by atoms with Crippen LogP contribution in [0.3, 0.4) is 0 Å². The normalized spacial score (nSPS) is 10.7. The highest BCUT2D eigenvalue weighted by atomic mass is 16.5. The molecule has 0 saturated heterocycles. The Labute approximate surface area is 92.4 Å². The van der Waals surface area contributed by atoms with Crippen LogP contribution in [-0.4, -0.2) is 12.6 Å². The average Bonchev–Trinajstić information content (AvgIpc) is 2.18. The highest BCUT2D eigenvalue weighted by Gasteiger charge is 2.05. The molecular weight excluding hydrogens is 186 g/mol. The fraction of sp³-hybridized carbons (Fsp3) is 0.538. The minimum Gasteiger partial charge on any atom is -0.491 e. The van der Waals surface area contributed by atoms with Crippen LogP contribution in [0.1, 0.15) is 31.4 Å². The summed E-state index contributed by atoms with van der Waals surface area (Å²) in [5.74, 6) is 1.00. The molecule has 0 radical (unpaired) electrons. The summed E-state index contributed by atoms with van der Waals surface area (Å²) in [5, 5.41) is 0. The topological polar surface area (TPSA) is 35.2 Å². The molecule has 0 fully saturated rings. The van der Waals surface area contributed by atoms with Gasteiger partial charge >= 0.3 is 0 Å². The minimum absolute atomic E-state index is 0.226. The molecule has 1 aromatic rings. The van der Waals surface area contributed by atoms with Gasteiger partial charge in [-0.05, 0) is 51.8 Å². The Bertz CT molecular complexity index is 307. The Morgan fingerprint density at radius 2 is 2.07 bits per heavy atom. The molecule has 2 N–H and O–H groups in total. The monoisotopic (exact) mass is 207 g/mol. The van der Waals surface area contributed by atoms with Crippen molar-refractivity contribution in [2.45, 2.75) is 39.7 Å². The van der Waals surface area contributed by atoms with Crippen molar-refractivity contribution in [3.63, 3.8) is 0 Å². The van der Waals surface area contributed by atoms with E-state index in [9.17, 15) is 0 Å². The summed E-state index contributed by atoms with van der Waals surface area (Å²) in [6.45, 7) is 6.93. The molecule has 15 heavy (non-hydrogen) atoms. The Morgan fingerprint density at radius 3 is 2.67 bits per heavy atom. The third-order valence-corrected chi connectivity index (χ3v) is 2.23. The van der Waals surface area contributed by atoms with Crippen LogP contribution in [0, 0.1) is 6.92 Å². The van der Waals surface area contributed by atoms with Gasteiger partial charge in [-0.3, -0.25) is 0 Å². The van der Waals surface area contributed by atoms with Gasteiger partial charge in [-0.2, -0.15) is 0 Å². The molecule has 2 heteroatoms. The van der Waals surface area contributed by atoms with Gasteiger partial charge in [0.15, 0.2) is 0 Å². The molecule has 0 atom stereocenters. The van der Waals surface area contributed by atoms with Crippen molar-refractivity contribution < 1.29 is 4.74 Å². The van der Waals surface area contributed by atoms with Gasteiger partial charge in [0.1, 0.15) is 5.75 Å². The molecule has 0 aliphatic rings. The SMILES string of the molecule is Cc1ccc(OC(C)C)c(CCCN)c1. The van der Waals surface area contributed by atoms with E-state index >= 15 is 0 Å². The molecule has 0 aliphatic heterocycles. The second-order valence-corrected chi connectivity index (χ2v) is 4.17. The lowest BCUT2D eigenvalue weighted by atomic mass is 10.1. The van der Waals surface area contributed by atoms with Crippen LogP contribution < -0.4 is 10.5 Å². The van der Waals surface area contributed by atoms with Gasteiger partial charge in [-0.15, -0.1) is 0 Å². The lowest BCUT2D eigenvalue weighted by Crippen LogP contribution is -2.08. The molecule has 0 saturated carbocycles. The van der Waals surface area contributed by atoms with Crippen molar-refractivity contribution in [1.29, 1.82) is 0 Å². The molecule has 1 aromatic carbocycles. The quantitative estimate of drug-likeness (QED) is 0.805. The maximum absolute atomic E-state index is 5.76. The van der Waals surface area contributed by atoms with Gasteiger partial charge in [0.25, 0.3) is 0 Å². The number of rotatable bonds is 5. The summed E-state index contributed by atoms with van der Waals surface area (Å²) in [4.78, 5) is 0. The predicted octanol–water partition coefficient (Wildman–Crippen LogP) is 2.67.